The first-order valence-electron chi connectivity index (χ1n) is 9.84. The first-order valence-corrected chi connectivity index (χ1v) is 9.84. The van der Waals surface area contributed by atoms with Gasteiger partial charge in [0.1, 0.15) is 5.69 Å². The number of rotatable bonds is 9. The van der Waals surface area contributed by atoms with Gasteiger partial charge in [-0.2, -0.15) is 0 Å². The van der Waals surface area contributed by atoms with E-state index in [-0.39, 0.29) is 18.5 Å². The van der Waals surface area contributed by atoms with Crippen molar-refractivity contribution in [2.75, 3.05) is 0 Å². The predicted octanol–water partition coefficient (Wildman–Crippen LogP) is 1.08. The summed E-state index contributed by atoms with van der Waals surface area (Å²) >= 11 is 0. The molecule has 4 N–H and O–H groups in total. The molecule has 0 fully saturated rings. The number of amides is 2. The Hall–Kier alpha value is -3.56. The lowest BCUT2D eigenvalue weighted by Gasteiger charge is -2.22. The maximum Gasteiger partial charge on any atom is 0.475 e. The third kappa shape index (κ3) is 6.73. The molecule has 0 saturated carbocycles. The maximum absolute atomic E-state index is 12.7. The molecule has 0 bridgehead atoms. The van der Waals surface area contributed by atoms with Crippen molar-refractivity contribution in [1.29, 1.82) is 0 Å². The van der Waals surface area contributed by atoms with Crippen LogP contribution in [0.5, 0.6) is 0 Å². The monoisotopic (exact) mass is 418 g/mol. The van der Waals surface area contributed by atoms with Crippen molar-refractivity contribution in [3.8, 4) is 0 Å². The van der Waals surface area contributed by atoms with Gasteiger partial charge < -0.3 is 20.7 Å². The van der Waals surface area contributed by atoms with E-state index in [0.29, 0.717) is 0 Å². The van der Waals surface area contributed by atoms with Gasteiger partial charge in [-0.25, -0.2) is 4.98 Å². The van der Waals surface area contributed by atoms with Crippen LogP contribution in [0.15, 0.2) is 79.3 Å². The Morgan fingerprint density at radius 3 is 2.23 bits per heavy atom. The smallest absolute Gasteiger partial charge is 0.426 e. The number of nitrogens with zero attached hydrogens (tertiary/aromatic N) is 2. The van der Waals surface area contributed by atoms with Crippen LogP contribution in [0.4, 0.5) is 0 Å². The molecule has 0 spiro atoms. The number of carbonyl (C=O) groups excluding carboxylic acids is 2. The highest BCUT2D eigenvalue weighted by Gasteiger charge is 2.27. The average Bonchev–Trinajstić information content (AvgIpc) is 2.80. The van der Waals surface area contributed by atoms with Crippen molar-refractivity contribution in [2.45, 2.75) is 24.8 Å². The standard InChI is InChI=1S/C22H23BN4O4/c28-21(27-20(23(30)31)13-16-7-3-1-4-8-16)14-18(17-9-5-2-6-10-17)26-22(29)19-15-24-11-12-25-19/h1-12,15,18,20,30-31H,13-14H2,(H,26,29)(H,27,28)/t18?,20-/m0/s1. The lowest BCUT2D eigenvalue weighted by molar-refractivity contribution is -0.122. The topological polar surface area (TPSA) is 124 Å². The van der Waals surface area contributed by atoms with E-state index in [1.807, 2.05) is 48.5 Å². The van der Waals surface area contributed by atoms with Gasteiger partial charge in [0.25, 0.3) is 5.91 Å². The summed E-state index contributed by atoms with van der Waals surface area (Å²) in [7, 11) is -1.73. The molecule has 1 unspecified atom stereocenters. The normalized spacial score (nSPS) is 12.5. The molecule has 0 aliphatic carbocycles. The van der Waals surface area contributed by atoms with Gasteiger partial charge >= 0.3 is 7.12 Å². The summed E-state index contributed by atoms with van der Waals surface area (Å²) in [6.07, 6.45) is 4.39. The summed E-state index contributed by atoms with van der Waals surface area (Å²) in [5, 5.41) is 24.9. The summed E-state index contributed by atoms with van der Waals surface area (Å²) in [5.41, 5.74) is 1.73. The van der Waals surface area contributed by atoms with Gasteiger partial charge in [0.15, 0.2) is 0 Å². The highest BCUT2D eigenvalue weighted by molar-refractivity contribution is 6.43. The molecule has 3 aromatic rings. The number of hydrogen-bond donors (Lipinski definition) is 4. The highest BCUT2D eigenvalue weighted by atomic mass is 16.4. The Labute approximate surface area is 180 Å². The van der Waals surface area contributed by atoms with Gasteiger partial charge in [-0.15, -0.1) is 0 Å². The molecule has 158 valence electrons. The van der Waals surface area contributed by atoms with E-state index < -0.39 is 30.9 Å². The molecule has 8 nitrogen and oxygen atoms in total. The van der Waals surface area contributed by atoms with Gasteiger partial charge in [-0.05, 0) is 17.5 Å². The van der Waals surface area contributed by atoms with Crippen LogP contribution < -0.4 is 10.6 Å². The zero-order valence-corrected chi connectivity index (χ0v) is 16.8. The van der Waals surface area contributed by atoms with Crippen LogP contribution >= 0.6 is 0 Å². The Bertz CT molecular complexity index is 975. The van der Waals surface area contributed by atoms with Gasteiger partial charge in [0, 0.05) is 12.4 Å². The van der Waals surface area contributed by atoms with Crippen LogP contribution in [-0.2, 0) is 11.2 Å². The Morgan fingerprint density at radius 1 is 0.935 bits per heavy atom. The van der Waals surface area contributed by atoms with Crippen LogP contribution in [0.1, 0.15) is 34.1 Å². The van der Waals surface area contributed by atoms with E-state index in [0.717, 1.165) is 11.1 Å². The van der Waals surface area contributed by atoms with Gasteiger partial charge in [-0.1, -0.05) is 60.7 Å². The van der Waals surface area contributed by atoms with Crippen molar-refractivity contribution >= 4 is 18.9 Å². The Morgan fingerprint density at radius 2 is 1.61 bits per heavy atom. The fourth-order valence-corrected chi connectivity index (χ4v) is 3.14. The quantitative estimate of drug-likeness (QED) is 0.386. The molecule has 0 saturated heterocycles. The largest absolute Gasteiger partial charge is 0.475 e. The molecule has 0 aliphatic heterocycles. The molecule has 31 heavy (non-hydrogen) atoms. The molecule has 3 rings (SSSR count). The SMILES string of the molecule is O=C(CC(NC(=O)c1cnccn1)c1ccccc1)N[C@@H](Cc1ccccc1)B(O)O. The zero-order valence-electron chi connectivity index (χ0n) is 16.8. The van der Waals surface area contributed by atoms with Gasteiger partial charge in [0.2, 0.25) is 5.91 Å². The van der Waals surface area contributed by atoms with Crippen LogP contribution in [0.2, 0.25) is 0 Å². The fraction of sp³-hybridized carbons (Fsp3) is 0.182. The molecule has 9 heteroatoms. The number of nitrogens with one attached hydrogen (secondary N) is 2. The van der Waals surface area contributed by atoms with E-state index in [9.17, 15) is 19.6 Å². The minimum absolute atomic E-state index is 0.0893. The number of hydrogen-bond acceptors (Lipinski definition) is 6. The van der Waals surface area contributed by atoms with Crippen LogP contribution in [0.3, 0.4) is 0 Å². The molecular formula is C22H23BN4O4. The lowest BCUT2D eigenvalue weighted by Crippen LogP contribution is -2.48. The predicted molar refractivity (Wildman–Crippen MR) is 116 cm³/mol. The highest BCUT2D eigenvalue weighted by Crippen LogP contribution is 2.17. The van der Waals surface area contributed by atoms with Crippen molar-refractivity contribution < 1.29 is 19.6 Å². The second-order valence-electron chi connectivity index (χ2n) is 7.01. The molecule has 1 heterocycles. The van der Waals surface area contributed by atoms with E-state index in [1.54, 1.807) is 12.1 Å². The Kier molecular flexibility index (Phi) is 7.86. The zero-order chi connectivity index (χ0) is 22.1. The van der Waals surface area contributed by atoms with E-state index >= 15 is 0 Å². The van der Waals surface area contributed by atoms with Crippen molar-refractivity contribution in [3.63, 3.8) is 0 Å². The minimum Gasteiger partial charge on any atom is -0.426 e. The number of benzene rings is 2. The first-order chi connectivity index (χ1) is 15.0. The summed E-state index contributed by atoms with van der Waals surface area (Å²) in [5.74, 6) is -1.78. The number of carbonyl (C=O) groups is 2. The average molecular weight is 418 g/mol. The Balaban J connectivity index is 1.70. The summed E-state index contributed by atoms with van der Waals surface area (Å²) in [6, 6.07) is 17.6. The second-order valence-corrected chi connectivity index (χ2v) is 7.01. The summed E-state index contributed by atoms with van der Waals surface area (Å²) in [6.45, 7) is 0. The van der Waals surface area contributed by atoms with E-state index in [1.165, 1.54) is 18.6 Å². The molecule has 0 aliphatic rings. The minimum atomic E-state index is -1.73. The molecular weight excluding hydrogens is 395 g/mol. The number of aromatic nitrogens is 2. The van der Waals surface area contributed by atoms with E-state index in [4.69, 9.17) is 0 Å². The van der Waals surface area contributed by atoms with Crippen molar-refractivity contribution in [3.05, 3.63) is 96.1 Å². The van der Waals surface area contributed by atoms with Crippen LogP contribution in [0, 0.1) is 0 Å². The first kappa shape index (κ1) is 22.1. The molecule has 2 atom stereocenters. The van der Waals surface area contributed by atoms with Crippen LogP contribution in [-0.4, -0.2) is 44.9 Å². The van der Waals surface area contributed by atoms with Crippen molar-refractivity contribution in [1.82, 2.24) is 20.6 Å². The maximum atomic E-state index is 12.7. The summed E-state index contributed by atoms with van der Waals surface area (Å²) in [4.78, 5) is 33.2. The molecule has 2 amide bonds. The molecule has 1 aromatic heterocycles. The summed E-state index contributed by atoms with van der Waals surface area (Å²) < 4.78 is 0. The van der Waals surface area contributed by atoms with Gasteiger partial charge in [0.05, 0.1) is 24.6 Å². The van der Waals surface area contributed by atoms with Crippen LogP contribution in [0.25, 0.3) is 0 Å². The molecule has 0 radical (unpaired) electrons. The third-order valence-corrected chi connectivity index (χ3v) is 4.70. The molecule has 2 aromatic carbocycles. The second kappa shape index (κ2) is 11.0. The van der Waals surface area contributed by atoms with Crippen molar-refractivity contribution in [2.24, 2.45) is 0 Å². The van der Waals surface area contributed by atoms with Gasteiger partial charge in [-0.3, -0.25) is 14.6 Å². The van der Waals surface area contributed by atoms with E-state index in [2.05, 4.69) is 20.6 Å². The third-order valence-electron chi connectivity index (χ3n) is 4.70. The lowest BCUT2D eigenvalue weighted by atomic mass is 9.76. The fourth-order valence-electron chi connectivity index (χ4n) is 3.14.